The van der Waals surface area contributed by atoms with Gasteiger partial charge in [-0.05, 0) is 13.3 Å². The van der Waals surface area contributed by atoms with Crippen LogP contribution in [0.25, 0.3) is 0 Å². The minimum absolute atomic E-state index is 0.211. The first kappa shape index (κ1) is 11.0. The van der Waals surface area contributed by atoms with Crippen LogP contribution in [0, 0.1) is 0 Å². The molecule has 17 heavy (non-hydrogen) atoms. The molecule has 0 aliphatic carbocycles. The maximum absolute atomic E-state index is 11.8. The molecule has 0 radical (unpaired) electrons. The Bertz CT molecular complexity index is 538. The van der Waals surface area contributed by atoms with E-state index in [1.807, 2.05) is 0 Å². The average Bonchev–Trinajstić information content (AvgIpc) is 2.80. The van der Waals surface area contributed by atoms with Crippen LogP contribution in [0.15, 0.2) is 0 Å². The van der Waals surface area contributed by atoms with Gasteiger partial charge in [0.15, 0.2) is 5.82 Å². The molecular weight excluding hydrogens is 242 g/mol. The van der Waals surface area contributed by atoms with Gasteiger partial charge in [0.2, 0.25) is 10.0 Å². The topological polar surface area (TPSA) is 80.1 Å². The number of fused-ring (bicyclic) bond motifs is 1. The first-order valence-electron chi connectivity index (χ1n) is 5.74. The zero-order valence-electron chi connectivity index (χ0n) is 9.63. The first-order valence-corrected chi connectivity index (χ1v) is 7.35. The van der Waals surface area contributed by atoms with Crippen LogP contribution in [0.5, 0.6) is 0 Å². The summed E-state index contributed by atoms with van der Waals surface area (Å²) in [7, 11) is -3.17. The largest absolute Gasteiger partial charge is 0.307 e. The predicted octanol–water partition coefficient (Wildman–Crippen LogP) is -0.690. The molecule has 7 nitrogen and oxygen atoms in total. The standard InChI is InChI=1S/C9H15N5O2S/c1-7-6-13-8(5-10-7)9(11-12-13)14-3-2-4-17(14,15)16/h7,10H,2-6H2,1H3. The third kappa shape index (κ3) is 1.71. The quantitative estimate of drug-likeness (QED) is 0.720. The van der Waals surface area contributed by atoms with Gasteiger partial charge in [0.1, 0.15) is 0 Å². The van der Waals surface area contributed by atoms with E-state index in [-0.39, 0.29) is 5.75 Å². The maximum atomic E-state index is 11.8. The van der Waals surface area contributed by atoms with Gasteiger partial charge in [-0.25, -0.2) is 13.1 Å². The summed E-state index contributed by atoms with van der Waals surface area (Å²) in [6, 6.07) is 0.340. The summed E-state index contributed by atoms with van der Waals surface area (Å²) >= 11 is 0. The molecule has 2 aliphatic heterocycles. The van der Waals surface area contributed by atoms with Gasteiger partial charge in [-0.3, -0.25) is 4.31 Å². The van der Waals surface area contributed by atoms with E-state index in [0.717, 1.165) is 12.2 Å². The molecule has 1 saturated heterocycles. The summed E-state index contributed by atoms with van der Waals surface area (Å²) in [6.07, 6.45) is 0.665. The minimum Gasteiger partial charge on any atom is -0.307 e. The summed E-state index contributed by atoms with van der Waals surface area (Å²) in [6.45, 7) is 3.94. The fourth-order valence-corrected chi connectivity index (χ4v) is 3.83. The second kappa shape index (κ2) is 3.67. The Morgan fingerprint density at radius 1 is 1.47 bits per heavy atom. The summed E-state index contributed by atoms with van der Waals surface area (Å²) in [5.41, 5.74) is 0.869. The summed E-state index contributed by atoms with van der Waals surface area (Å²) in [4.78, 5) is 0. The SMILES string of the molecule is CC1Cn2nnc(N3CCCS3(=O)=O)c2CN1. The number of nitrogens with one attached hydrogen (secondary N) is 1. The Labute approximate surface area is 99.8 Å². The fraction of sp³-hybridized carbons (Fsp3) is 0.778. The number of rotatable bonds is 1. The first-order chi connectivity index (χ1) is 8.08. The highest BCUT2D eigenvalue weighted by molar-refractivity contribution is 7.93. The second-order valence-corrected chi connectivity index (χ2v) is 6.58. The summed E-state index contributed by atoms with van der Waals surface area (Å²) in [5.74, 6) is 0.713. The van der Waals surface area contributed by atoms with Crippen molar-refractivity contribution in [3.63, 3.8) is 0 Å². The van der Waals surface area contributed by atoms with E-state index >= 15 is 0 Å². The van der Waals surface area contributed by atoms with Crippen LogP contribution in [0.1, 0.15) is 19.0 Å². The zero-order valence-corrected chi connectivity index (χ0v) is 10.4. The number of nitrogens with zero attached hydrogens (tertiary/aromatic N) is 4. The summed E-state index contributed by atoms with van der Waals surface area (Å²) in [5, 5.41) is 11.4. The molecule has 1 aromatic rings. The number of sulfonamides is 1. The number of hydrogen-bond acceptors (Lipinski definition) is 5. The van der Waals surface area contributed by atoms with Gasteiger partial charge >= 0.3 is 0 Å². The average molecular weight is 257 g/mol. The van der Waals surface area contributed by atoms with Crippen molar-refractivity contribution >= 4 is 15.8 Å². The van der Waals surface area contributed by atoms with Crippen molar-refractivity contribution in [1.29, 1.82) is 0 Å². The molecule has 0 saturated carbocycles. The van der Waals surface area contributed by atoms with Crippen LogP contribution >= 0.6 is 0 Å². The minimum atomic E-state index is -3.17. The molecule has 0 spiro atoms. The Balaban J connectivity index is 2.00. The van der Waals surface area contributed by atoms with Gasteiger partial charge in [-0.2, -0.15) is 0 Å². The smallest absolute Gasteiger partial charge is 0.236 e. The highest BCUT2D eigenvalue weighted by atomic mass is 32.2. The van der Waals surface area contributed by atoms with Crippen LogP contribution in [-0.2, 0) is 23.1 Å². The molecule has 0 bridgehead atoms. The van der Waals surface area contributed by atoms with Crippen molar-refractivity contribution in [2.75, 3.05) is 16.6 Å². The van der Waals surface area contributed by atoms with Gasteiger partial charge in [0, 0.05) is 19.1 Å². The van der Waals surface area contributed by atoms with E-state index in [1.54, 1.807) is 4.68 Å². The van der Waals surface area contributed by atoms with Crippen LogP contribution in [0.3, 0.4) is 0 Å². The van der Waals surface area contributed by atoms with Gasteiger partial charge in [-0.1, -0.05) is 5.21 Å². The van der Waals surface area contributed by atoms with Crippen molar-refractivity contribution in [3.8, 4) is 0 Å². The molecule has 0 aromatic carbocycles. The molecule has 1 N–H and O–H groups in total. The predicted molar refractivity (Wildman–Crippen MR) is 62.1 cm³/mol. The van der Waals surface area contributed by atoms with Gasteiger partial charge in [0.05, 0.1) is 18.0 Å². The lowest BCUT2D eigenvalue weighted by molar-refractivity contribution is 0.385. The molecule has 3 rings (SSSR count). The van der Waals surface area contributed by atoms with Crippen molar-refractivity contribution in [3.05, 3.63) is 5.69 Å². The van der Waals surface area contributed by atoms with Crippen molar-refractivity contribution in [2.24, 2.45) is 0 Å². The lowest BCUT2D eigenvalue weighted by Crippen LogP contribution is -2.37. The number of anilines is 1. The van der Waals surface area contributed by atoms with Crippen molar-refractivity contribution < 1.29 is 8.42 Å². The Kier molecular flexibility index (Phi) is 2.37. The van der Waals surface area contributed by atoms with E-state index in [1.165, 1.54) is 4.31 Å². The fourth-order valence-electron chi connectivity index (χ4n) is 2.31. The monoisotopic (exact) mass is 257 g/mol. The Hall–Kier alpha value is -1.15. The third-order valence-electron chi connectivity index (χ3n) is 3.22. The van der Waals surface area contributed by atoms with Gasteiger partial charge in [-0.15, -0.1) is 5.10 Å². The number of aromatic nitrogens is 3. The van der Waals surface area contributed by atoms with Crippen molar-refractivity contribution in [1.82, 2.24) is 20.3 Å². The molecule has 8 heteroatoms. The van der Waals surface area contributed by atoms with E-state index in [0.29, 0.717) is 31.4 Å². The van der Waals surface area contributed by atoms with Crippen LogP contribution in [0.4, 0.5) is 5.82 Å². The molecule has 0 amide bonds. The normalized spacial score (nSPS) is 27.1. The highest BCUT2D eigenvalue weighted by Crippen LogP contribution is 2.26. The number of hydrogen-bond donors (Lipinski definition) is 1. The lowest BCUT2D eigenvalue weighted by Gasteiger charge is -2.23. The zero-order chi connectivity index (χ0) is 12.0. The lowest BCUT2D eigenvalue weighted by atomic mass is 10.2. The van der Waals surface area contributed by atoms with Gasteiger partial charge in [0.25, 0.3) is 0 Å². The molecular formula is C9H15N5O2S. The van der Waals surface area contributed by atoms with E-state index in [9.17, 15) is 8.42 Å². The molecule has 3 heterocycles. The van der Waals surface area contributed by atoms with Crippen LogP contribution in [0.2, 0.25) is 0 Å². The molecule has 94 valence electrons. The molecule has 2 aliphatic rings. The van der Waals surface area contributed by atoms with Crippen molar-refractivity contribution in [2.45, 2.75) is 32.5 Å². The van der Waals surface area contributed by atoms with Crippen LogP contribution < -0.4 is 9.62 Å². The molecule has 1 atom stereocenters. The van der Waals surface area contributed by atoms with Crippen LogP contribution in [-0.4, -0.2) is 41.8 Å². The summed E-state index contributed by atoms with van der Waals surface area (Å²) < 4.78 is 26.9. The molecule has 1 fully saturated rings. The highest BCUT2D eigenvalue weighted by Gasteiger charge is 2.34. The second-order valence-electron chi connectivity index (χ2n) is 4.57. The Morgan fingerprint density at radius 2 is 2.29 bits per heavy atom. The maximum Gasteiger partial charge on any atom is 0.236 e. The van der Waals surface area contributed by atoms with E-state index < -0.39 is 10.0 Å². The molecule has 1 aromatic heterocycles. The van der Waals surface area contributed by atoms with E-state index in [4.69, 9.17) is 0 Å². The third-order valence-corrected chi connectivity index (χ3v) is 5.05. The van der Waals surface area contributed by atoms with E-state index in [2.05, 4.69) is 22.6 Å². The van der Waals surface area contributed by atoms with Gasteiger partial charge < -0.3 is 5.32 Å². The molecule has 1 unspecified atom stereocenters. The Morgan fingerprint density at radius 3 is 3.00 bits per heavy atom.